The van der Waals surface area contributed by atoms with Crippen molar-refractivity contribution in [1.82, 2.24) is 14.7 Å². The minimum Gasteiger partial charge on any atom is -0.497 e. The summed E-state index contributed by atoms with van der Waals surface area (Å²) in [7, 11) is 1.71. The van der Waals surface area contributed by atoms with E-state index in [-0.39, 0.29) is 5.92 Å². The number of hydrogen-bond donors (Lipinski definition) is 0. The largest absolute Gasteiger partial charge is 0.497 e. The van der Waals surface area contributed by atoms with Gasteiger partial charge < -0.3 is 9.64 Å². The molecule has 1 aromatic carbocycles. The van der Waals surface area contributed by atoms with Gasteiger partial charge in [0.2, 0.25) is 5.91 Å². The van der Waals surface area contributed by atoms with Crippen molar-refractivity contribution in [2.24, 2.45) is 5.92 Å². The van der Waals surface area contributed by atoms with Crippen LogP contribution in [0.2, 0.25) is 0 Å². The molecule has 1 aromatic rings. The highest BCUT2D eigenvalue weighted by molar-refractivity contribution is 5.79. The van der Waals surface area contributed by atoms with Gasteiger partial charge in [0.15, 0.2) is 0 Å². The van der Waals surface area contributed by atoms with Crippen LogP contribution in [0, 0.1) is 5.92 Å². The molecule has 0 saturated carbocycles. The number of piperidine rings is 2. The predicted octanol–water partition coefficient (Wildman–Crippen LogP) is 2.99. The number of likely N-dealkylation sites (tertiary alicyclic amines) is 3. The monoisotopic (exact) mass is 385 g/mol. The van der Waals surface area contributed by atoms with Gasteiger partial charge in [0.05, 0.1) is 13.0 Å². The van der Waals surface area contributed by atoms with E-state index in [1.807, 2.05) is 12.1 Å². The number of carbonyl (C=O) groups is 1. The summed E-state index contributed by atoms with van der Waals surface area (Å²) in [6.07, 6.45) is 7.09. The number of hydrogen-bond acceptors (Lipinski definition) is 4. The quantitative estimate of drug-likeness (QED) is 0.781. The zero-order valence-corrected chi connectivity index (χ0v) is 17.3. The molecule has 0 aliphatic carbocycles. The predicted molar refractivity (Wildman–Crippen MR) is 111 cm³/mol. The molecule has 0 radical (unpaired) electrons. The van der Waals surface area contributed by atoms with Crippen LogP contribution in [0.5, 0.6) is 5.75 Å². The second-order valence-electron chi connectivity index (χ2n) is 8.72. The lowest BCUT2D eigenvalue weighted by molar-refractivity contribution is -0.136. The second-order valence-corrected chi connectivity index (χ2v) is 8.72. The summed E-state index contributed by atoms with van der Waals surface area (Å²) < 4.78 is 5.25. The van der Waals surface area contributed by atoms with Gasteiger partial charge in [-0.3, -0.25) is 14.6 Å². The Morgan fingerprint density at radius 3 is 2.36 bits per heavy atom. The molecule has 3 fully saturated rings. The normalized spacial score (nSPS) is 25.2. The number of nitrogens with zero attached hydrogens (tertiary/aromatic N) is 3. The van der Waals surface area contributed by atoms with Crippen LogP contribution in [-0.4, -0.2) is 73.0 Å². The highest BCUT2D eigenvalue weighted by Crippen LogP contribution is 2.26. The summed E-state index contributed by atoms with van der Waals surface area (Å²) in [5.41, 5.74) is 1.36. The molecule has 1 amide bonds. The molecule has 0 aromatic heterocycles. The molecule has 0 bridgehead atoms. The highest BCUT2D eigenvalue weighted by Gasteiger charge is 2.34. The summed E-state index contributed by atoms with van der Waals surface area (Å²) in [5, 5.41) is 0. The first-order valence-corrected chi connectivity index (χ1v) is 11.1. The zero-order valence-electron chi connectivity index (χ0n) is 17.3. The second kappa shape index (κ2) is 9.27. The maximum atomic E-state index is 12.8. The van der Waals surface area contributed by atoms with Crippen molar-refractivity contribution in [3.63, 3.8) is 0 Å². The minimum absolute atomic E-state index is 0.240. The van der Waals surface area contributed by atoms with Crippen LogP contribution >= 0.6 is 0 Å². The molecule has 3 aliphatic rings. The maximum Gasteiger partial charge on any atom is 0.226 e. The fraction of sp³-hybridized carbons (Fsp3) is 0.696. The van der Waals surface area contributed by atoms with Crippen LogP contribution < -0.4 is 4.74 Å². The Kier molecular flexibility index (Phi) is 6.53. The number of carbonyl (C=O) groups excluding carboxylic acids is 1. The molecule has 3 saturated heterocycles. The lowest BCUT2D eigenvalue weighted by atomic mass is 9.93. The fourth-order valence-electron chi connectivity index (χ4n) is 5.17. The van der Waals surface area contributed by atoms with Gasteiger partial charge in [-0.15, -0.1) is 0 Å². The Hall–Kier alpha value is -1.59. The summed E-state index contributed by atoms with van der Waals surface area (Å²) in [4.78, 5) is 20.1. The third kappa shape index (κ3) is 4.69. The van der Waals surface area contributed by atoms with E-state index < -0.39 is 0 Å². The molecule has 5 nitrogen and oxygen atoms in total. The molecule has 1 atom stereocenters. The summed E-state index contributed by atoms with van der Waals surface area (Å²) in [6, 6.07) is 9.09. The Morgan fingerprint density at radius 1 is 0.964 bits per heavy atom. The van der Waals surface area contributed by atoms with Gasteiger partial charge in [-0.2, -0.15) is 0 Å². The van der Waals surface area contributed by atoms with Crippen molar-refractivity contribution in [2.45, 2.75) is 51.1 Å². The number of benzene rings is 1. The molecular weight excluding hydrogens is 350 g/mol. The molecule has 0 unspecified atom stereocenters. The van der Waals surface area contributed by atoms with Gasteiger partial charge in [0.1, 0.15) is 5.75 Å². The van der Waals surface area contributed by atoms with E-state index in [1.54, 1.807) is 7.11 Å². The summed E-state index contributed by atoms with van der Waals surface area (Å²) in [6.45, 7) is 7.45. The number of amides is 1. The first-order chi connectivity index (χ1) is 13.7. The van der Waals surface area contributed by atoms with E-state index in [1.165, 1.54) is 44.2 Å². The van der Waals surface area contributed by atoms with Crippen LogP contribution in [0.25, 0.3) is 0 Å². The van der Waals surface area contributed by atoms with Crippen molar-refractivity contribution < 1.29 is 9.53 Å². The van der Waals surface area contributed by atoms with E-state index in [0.29, 0.717) is 11.9 Å². The Morgan fingerprint density at radius 2 is 1.68 bits per heavy atom. The summed E-state index contributed by atoms with van der Waals surface area (Å²) in [5.74, 6) is 1.59. The lowest BCUT2D eigenvalue weighted by Gasteiger charge is -2.42. The van der Waals surface area contributed by atoms with Crippen molar-refractivity contribution in [1.29, 1.82) is 0 Å². The maximum absolute atomic E-state index is 12.8. The van der Waals surface area contributed by atoms with Crippen LogP contribution in [0.1, 0.15) is 44.1 Å². The smallest absolute Gasteiger partial charge is 0.226 e. The summed E-state index contributed by atoms with van der Waals surface area (Å²) >= 11 is 0. The first kappa shape index (κ1) is 19.7. The standard InChI is InChI=1S/C23H35N3O2/c1-28-22-8-6-19(7-9-22)17-24-15-10-21(11-16-24)26-14-4-5-20(18-26)23(27)25-12-2-3-13-25/h6-9,20-21H,2-5,10-18H2,1H3/t20-/m1/s1. The van der Waals surface area contributed by atoms with Crippen LogP contribution in [0.15, 0.2) is 24.3 Å². The number of methoxy groups -OCH3 is 1. The topological polar surface area (TPSA) is 36.0 Å². The third-order valence-electron chi connectivity index (χ3n) is 6.86. The molecule has 5 heteroatoms. The highest BCUT2D eigenvalue weighted by atomic mass is 16.5. The minimum atomic E-state index is 0.240. The lowest BCUT2D eigenvalue weighted by Crippen LogP contribution is -2.51. The number of ether oxygens (including phenoxy) is 1. The molecular formula is C23H35N3O2. The number of rotatable bonds is 5. The van der Waals surface area contributed by atoms with Crippen LogP contribution in [0.4, 0.5) is 0 Å². The van der Waals surface area contributed by atoms with E-state index in [2.05, 4.69) is 26.8 Å². The molecule has 154 valence electrons. The van der Waals surface area contributed by atoms with Crippen molar-refractivity contribution in [2.75, 3.05) is 46.4 Å². The third-order valence-corrected chi connectivity index (χ3v) is 6.86. The SMILES string of the molecule is COc1ccc(CN2CCC(N3CCC[C@@H](C(=O)N4CCCC4)C3)CC2)cc1. The van der Waals surface area contributed by atoms with E-state index in [9.17, 15) is 4.79 Å². The molecule has 3 heterocycles. The molecule has 4 rings (SSSR count). The molecule has 28 heavy (non-hydrogen) atoms. The van der Waals surface area contributed by atoms with Crippen LogP contribution in [-0.2, 0) is 11.3 Å². The zero-order chi connectivity index (χ0) is 19.3. The fourth-order valence-corrected chi connectivity index (χ4v) is 5.17. The van der Waals surface area contributed by atoms with Crippen molar-refractivity contribution >= 4 is 5.91 Å². The van der Waals surface area contributed by atoms with Gasteiger partial charge in [0, 0.05) is 32.2 Å². The van der Waals surface area contributed by atoms with Gasteiger partial charge in [-0.25, -0.2) is 0 Å². The first-order valence-electron chi connectivity index (χ1n) is 11.1. The Bertz CT molecular complexity index is 634. The van der Waals surface area contributed by atoms with E-state index in [4.69, 9.17) is 4.74 Å². The molecule has 0 spiro atoms. The molecule has 3 aliphatic heterocycles. The average molecular weight is 386 g/mol. The Labute approximate surface area is 169 Å². The van der Waals surface area contributed by atoms with Crippen molar-refractivity contribution in [3.05, 3.63) is 29.8 Å². The van der Waals surface area contributed by atoms with E-state index in [0.717, 1.165) is 51.4 Å². The van der Waals surface area contributed by atoms with Gasteiger partial charge >= 0.3 is 0 Å². The van der Waals surface area contributed by atoms with Gasteiger partial charge in [-0.05, 0) is 75.9 Å². The average Bonchev–Trinajstić information content (AvgIpc) is 3.29. The molecule has 0 N–H and O–H groups in total. The van der Waals surface area contributed by atoms with Crippen molar-refractivity contribution in [3.8, 4) is 5.75 Å². The van der Waals surface area contributed by atoms with Crippen LogP contribution in [0.3, 0.4) is 0 Å². The van der Waals surface area contributed by atoms with E-state index >= 15 is 0 Å². The van der Waals surface area contributed by atoms with Gasteiger partial charge in [-0.1, -0.05) is 12.1 Å². The van der Waals surface area contributed by atoms with Gasteiger partial charge in [0.25, 0.3) is 0 Å². The Balaban J connectivity index is 1.25.